The van der Waals surface area contributed by atoms with Gasteiger partial charge in [-0.05, 0) is 45.2 Å². The molecule has 2 N–H and O–H groups in total. The Morgan fingerprint density at radius 2 is 1.89 bits per heavy atom. The van der Waals surface area contributed by atoms with Crippen molar-refractivity contribution in [3.8, 4) is 0 Å². The minimum atomic E-state index is 0.255. The van der Waals surface area contributed by atoms with Gasteiger partial charge in [-0.2, -0.15) is 0 Å². The quantitative estimate of drug-likeness (QED) is 0.827. The van der Waals surface area contributed by atoms with Gasteiger partial charge in [0.2, 0.25) is 0 Å². The van der Waals surface area contributed by atoms with Crippen LogP contribution in [0, 0.1) is 0 Å². The maximum absolute atomic E-state index is 6.08. The van der Waals surface area contributed by atoms with Gasteiger partial charge in [-0.25, -0.2) is 0 Å². The Morgan fingerprint density at radius 1 is 1.16 bits per heavy atom. The van der Waals surface area contributed by atoms with E-state index in [1.54, 1.807) is 0 Å². The van der Waals surface area contributed by atoms with E-state index in [1.165, 1.54) is 51.9 Å². The number of hydrogen-bond acceptors (Lipinski definition) is 4. The van der Waals surface area contributed by atoms with Crippen LogP contribution in [-0.4, -0.2) is 67.3 Å². The number of ether oxygens (including phenoxy) is 1. The fourth-order valence-electron chi connectivity index (χ4n) is 4.26. The molecule has 4 nitrogen and oxygen atoms in total. The first kappa shape index (κ1) is 13.8. The zero-order chi connectivity index (χ0) is 13.3. The van der Waals surface area contributed by atoms with Crippen LogP contribution in [0.25, 0.3) is 0 Å². The number of piperidine rings is 1. The maximum atomic E-state index is 6.08. The van der Waals surface area contributed by atoms with Crippen LogP contribution in [0.2, 0.25) is 0 Å². The Kier molecular flexibility index (Phi) is 4.13. The van der Waals surface area contributed by atoms with Crippen molar-refractivity contribution in [2.75, 3.05) is 39.8 Å². The second-order valence-electron chi connectivity index (χ2n) is 6.68. The molecule has 0 aromatic heterocycles. The van der Waals surface area contributed by atoms with Crippen LogP contribution in [0.5, 0.6) is 0 Å². The molecule has 19 heavy (non-hydrogen) atoms. The first-order chi connectivity index (χ1) is 9.27. The standard InChI is InChI=1S/C15H29N3O/c1-19-14-9-15(10-14,12-16)18-8-5-13(11-18)17-6-3-2-4-7-17/h13-14H,2-12,16H2,1H3. The molecule has 0 spiro atoms. The lowest BCUT2D eigenvalue weighted by atomic mass is 9.73. The third kappa shape index (κ3) is 2.56. The summed E-state index contributed by atoms with van der Waals surface area (Å²) in [6.07, 6.45) is 8.25. The highest BCUT2D eigenvalue weighted by Crippen LogP contribution is 2.41. The molecule has 0 bridgehead atoms. The van der Waals surface area contributed by atoms with Gasteiger partial charge in [0.15, 0.2) is 0 Å². The van der Waals surface area contributed by atoms with Crippen LogP contribution in [0.3, 0.4) is 0 Å². The number of likely N-dealkylation sites (tertiary alicyclic amines) is 2. The zero-order valence-corrected chi connectivity index (χ0v) is 12.3. The summed E-state index contributed by atoms with van der Waals surface area (Å²) < 4.78 is 5.45. The molecule has 110 valence electrons. The minimum absolute atomic E-state index is 0.255. The minimum Gasteiger partial charge on any atom is -0.381 e. The van der Waals surface area contributed by atoms with Gasteiger partial charge < -0.3 is 10.5 Å². The number of nitrogens with two attached hydrogens (primary N) is 1. The predicted octanol–water partition coefficient (Wildman–Crippen LogP) is 1.05. The Labute approximate surface area is 117 Å². The average Bonchev–Trinajstić information content (AvgIpc) is 2.90. The Hall–Kier alpha value is -0.160. The number of hydrogen-bond donors (Lipinski definition) is 1. The largest absolute Gasteiger partial charge is 0.381 e. The summed E-state index contributed by atoms with van der Waals surface area (Å²) in [7, 11) is 1.83. The fraction of sp³-hybridized carbons (Fsp3) is 1.00. The number of nitrogens with zero attached hydrogens (tertiary/aromatic N) is 2. The molecule has 1 unspecified atom stereocenters. The Morgan fingerprint density at radius 3 is 2.53 bits per heavy atom. The molecule has 0 aromatic carbocycles. The van der Waals surface area contributed by atoms with E-state index in [1.807, 2.05) is 7.11 Å². The van der Waals surface area contributed by atoms with E-state index in [9.17, 15) is 0 Å². The van der Waals surface area contributed by atoms with Crippen LogP contribution < -0.4 is 5.73 Å². The molecule has 1 atom stereocenters. The van der Waals surface area contributed by atoms with Gasteiger partial charge in [0.05, 0.1) is 6.10 Å². The molecular formula is C15H29N3O. The number of methoxy groups -OCH3 is 1. The van der Waals surface area contributed by atoms with E-state index in [4.69, 9.17) is 10.5 Å². The molecule has 2 aliphatic heterocycles. The topological polar surface area (TPSA) is 41.7 Å². The van der Waals surface area contributed by atoms with Gasteiger partial charge in [0, 0.05) is 38.3 Å². The van der Waals surface area contributed by atoms with Crippen LogP contribution in [0.4, 0.5) is 0 Å². The third-order valence-electron chi connectivity index (χ3n) is 5.67. The second kappa shape index (κ2) is 5.68. The molecule has 3 rings (SSSR count). The summed E-state index contributed by atoms with van der Waals surface area (Å²) >= 11 is 0. The highest BCUT2D eigenvalue weighted by molar-refractivity contribution is 5.07. The monoisotopic (exact) mass is 267 g/mol. The molecule has 0 radical (unpaired) electrons. The molecule has 1 aliphatic carbocycles. The van der Waals surface area contributed by atoms with Crippen molar-refractivity contribution in [2.24, 2.45) is 5.73 Å². The highest BCUT2D eigenvalue weighted by Gasteiger charge is 2.50. The van der Waals surface area contributed by atoms with E-state index in [0.29, 0.717) is 6.10 Å². The van der Waals surface area contributed by atoms with Gasteiger partial charge in [0.25, 0.3) is 0 Å². The lowest BCUT2D eigenvalue weighted by Crippen LogP contribution is -2.63. The zero-order valence-electron chi connectivity index (χ0n) is 12.3. The van der Waals surface area contributed by atoms with E-state index >= 15 is 0 Å². The molecule has 0 aromatic rings. The van der Waals surface area contributed by atoms with Crippen molar-refractivity contribution < 1.29 is 4.74 Å². The maximum Gasteiger partial charge on any atom is 0.0607 e. The van der Waals surface area contributed by atoms with Gasteiger partial charge in [0.1, 0.15) is 0 Å². The van der Waals surface area contributed by atoms with Crippen LogP contribution in [-0.2, 0) is 4.74 Å². The molecule has 3 aliphatic rings. The average molecular weight is 267 g/mol. The van der Waals surface area contributed by atoms with Crippen molar-refractivity contribution in [3.63, 3.8) is 0 Å². The molecule has 3 fully saturated rings. The summed E-state index contributed by atoms with van der Waals surface area (Å²) in [6.45, 7) is 5.88. The van der Waals surface area contributed by atoms with Gasteiger partial charge in [-0.3, -0.25) is 9.80 Å². The van der Waals surface area contributed by atoms with Crippen LogP contribution in [0.15, 0.2) is 0 Å². The lowest BCUT2D eigenvalue weighted by molar-refractivity contribution is -0.0812. The van der Waals surface area contributed by atoms with Gasteiger partial charge >= 0.3 is 0 Å². The van der Waals surface area contributed by atoms with Crippen LogP contribution >= 0.6 is 0 Å². The summed E-state index contributed by atoms with van der Waals surface area (Å²) in [5, 5.41) is 0. The first-order valence-corrected chi connectivity index (χ1v) is 7.99. The van der Waals surface area contributed by atoms with Gasteiger partial charge in [-0.1, -0.05) is 6.42 Å². The van der Waals surface area contributed by atoms with E-state index in [-0.39, 0.29) is 5.54 Å². The van der Waals surface area contributed by atoms with Crippen molar-refractivity contribution in [1.29, 1.82) is 0 Å². The Bertz CT molecular complexity index is 298. The smallest absolute Gasteiger partial charge is 0.0607 e. The second-order valence-corrected chi connectivity index (χ2v) is 6.68. The van der Waals surface area contributed by atoms with Gasteiger partial charge in [-0.15, -0.1) is 0 Å². The molecule has 2 saturated heterocycles. The van der Waals surface area contributed by atoms with Crippen LogP contribution in [0.1, 0.15) is 38.5 Å². The summed E-state index contributed by atoms with van der Waals surface area (Å²) in [5.74, 6) is 0. The normalized spacial score (nSPS) is 41.4. The lowest BCUT2D eigenvalue weighted by Gasteiger charge is -2.52. The van der Waals surface area contributed by atoms with Crippen molar-refractivity contribution in [3.05, 3.63) is 0 Å². The summed E-state index contributed by atoms with van der Waals surface area (Å²) in [5.41, 5.74) is 6.33. The summed E-state index contributed by atoms with van der Waals surface area (Å²) in [6, 6.07) is 0.783. The van der Waals surface area contributed by atoms with E-state index < -0.39 is 0 Å². The number of rotatable bonds is 4. The first-order valence-electron chi connectivity index (χ1n) is 7.99. The van der Waals surface area contributed by atoms with Crippen molar-refractivity contribution in [1.82, 2.24) is 9.80 Å². The van der Waals surface area contributed by atoms with E-state index in [0.717, 1.165) is 25.4 Å². The fourth-order valence-corrected chi connectivity index (χ4v) is 4.26. The Balaban J connectivity index is 1.56. The molecule has 2 heterocycles. The molecule has 4 heteroatoms. The predicted molar refractivity (Wildman–Crippen MR) is 77.2 cm³/mol. The van der Waals surface area contributed by atoms with E-state index in [2.05, 4.69) is 9.80 Å². The SMILES string of the molecule is COC1CC(CN)(N2CCC(N3CCCCC3)C2)C1. The van der Waals surface area contributed by atoms with Crippen molar-refractivity contribution in [2.45, 2.75) is 56.2 Å². The summed E-state index contributed by atoms with van der Waals surface area (Å²) in [4.78, 5) is 5.39. The molecule has 1 saturated carbocycles. The van der Waals surface area contributed by atoms with Crippen molar-refractivity contribution >= 4 is 0 Å². The highest BCUT2D eigenvalue weighted by atomic mass is 16.5. The molecule has 0 amide bonds. The molecular weight excluding hydrogens is 238 g/mol. The third-order valence-corrected chi connectivity index (χ3v) is 5.67.